The molecule has 1 spiro atoms. The zero-order valence-electron chi connectivity index (χ0n) is 8.76. The van der Waals surface area contributed by atoms with Gasteiger partial charge in [0, 0.05) is 0 Å². The van der Waals surface area contributed by atoms with Gasteiger partial charge < -0.3 is 10.6 Å². The quantitative estimate of drug-likeness (QED) is 0.677. The molecule has 0 bridgehead atoms. The highest BCUT2D eigenvalue weighted by Crippen LogP contribution is 2.41. The molecule has 3 nitrogen and oxygen atoms in total. The first-order valence-electron chi connectivity index (χ1n) is 5.40. The number of rotatable bonds is 0. The minimum Gasteiger partial charge on any atom is -0.370 e. The van der Waals surface area contributed by atoms with E-state index in [1.165, 1.54) is 5.56 Å². The van der Waals surface area contributed by atoms with Crippen molar-refractivity contribution in [2.75, 3.05) is 10.6 Å². The van der Waals surface area contributed by atoms with E-state index in [1.54, 1.807) is 0 Å². The standard InChI is InChI=1S/C12H14N2O/c1-8-3-4-9-10(7-8)14-12(5-2-6-12)11(15)13-9/h3-4,7,14H,2,5-6H2,1H3,(H,13,15). The van der Waals surface area contributed by atoms with Crippen LogP contribution >= 0.6 is 0 Å². The lowest BCUT2D eigenvalue weighted by molar-refractivity contribution is -0.123. The Hall–Kier alpha value is -1.51. The smallest absolute Gasteiger partial charge is 0.250 e. The Bertz CT molecular complexity index is 435. The summed E-state index contributed by atoms with van der Waals surface area (Å²) in [5.41, 5.74) is 2.88. The minimum atomic E-state index is -0.305. The van der Waals surface area contributed by atoms with Crippen molar-refractivity contribution in [1.82, 2.24) is 0 Å². The van der Waals surface area contributed by atoms with Gasteiger partial charge in [0.05, 0.1) is 11.4 Å². The fourth-order valence-electron chi connectivity index (χ4n) is 2.31. The molecule has 3 heteroatoms. The van der Waals surface area contributed by atoms with Gasteiger partial charge in [0.1, 0.15) is 5.54 Å². The van der Waals surface area contributed by atoms with Crippen molar-refractivity contribution in [1.29, 1.82) is 0 Å². The van der Waals surface area contributed by atoms with Crippen molar-refractivity contribution in [3.63, 3.8) is 0 Å². The van der Waals surface area contributed by atoms with Crippen LogP contribution in [0.5, 0.6) is 0 Å². The van der Waals surface area contributed by atoms with Gasteiger partial charge in [0.15, 0.2) is 0 Å². The monoisotopic (exact) mass is 202 g/mol. The Morgan fingerprint density at radius 1 is 1.27 bits per heavy atom. The number of benzene rings is 1. The average Bonchev–Trinajstić information content (AvgIpc) is 2.15. The molecular formula is C12H14N2O. The first-order valence-corrected chi connectivity index (χ1v) is 5.40. The predicted molar refractivity (Wildman–Crippen MR) is 60.0 cm³/mol. The average molecular weight is 202 g/mol. The van der Waals surface area contributed by atoms with E-state index >= 15 is 0 Å². The molecular weight excluding hydrogens is 188 g/mol. The van der Waals surface area contributed by atoms with Crippen molar-refractivity contribution in [2.45, 2.75) is 31.7 Å². The Labute approximate surface area is 88.9 Å². The molecule has 1 aliphatic carbocycles. The summed E-state index contributed by atoms with van der Waals surface area (Å²) in [6.45, 7) is 2.06. The largest absolute Gasteiger partial charge is 0.370 e. The van der Waals surface area contributed by atoms with Crippen molar-refractivity contribution in [3.8, 4) is 0 Å². The van der Waals surface area contributed by atoms with Crippen LogP contribution in [0.1, 0.15) is 24.8 Å². The van der Waals surface area contributed by atoms with E-state index in [-0.39, 0.29) is 11.4 Å². The summed E-state index contributed by atoms with van der Waals surface area (Å²) in [4.78, 5) is 11.9. The summed E-state index contributed by atoms with van der Waals surface area (Å²) in [7, 11) is 0. The van der Waals surface area contributed by atoms with E-state index in [2.05, 4.69) is 23.6 Å². The predicted octanol–water partition coefficient (Wildman–Crippen LogP) is 2.28. The van der Waals surface area contributed by atoms with Crippen molar-refractivity contribution in [2.24, 2.45) is 0 Å². The fraction of sp³-hybridized carbons (Fsp3) is 0.417. The highest BCUT2D eigenvalue weighted by atomic mass is 16.2. The molecule has 0 aromatic heterocycles. The van der Waals surface area contributed by atoms with Gasteiger partial charge in [-0.25, -0.2) is 0 Å². The highest BCUT2D eigenvalue weighted by molar-refractivity contribution is 6.06. The van der Waals surface area contributed by atoms with Crippen LogP contribution in [-0.2, 0) is 4.79 Å². The third-order valence-corrected chi connectivity index (χ3v) is 3.44. The molecule has 2 aliphatic rings. The lowest BCUT2D eigenvalue weighted by Crippen LogP contribution is -2.57. The maximum atomic E-state index is 11.9. The zero-order chi connectivity index (χ0) is 10.5. The number of hydrogen-bond donors (Lipinski definition) is 2. The van der Waals surface area contributed by atoms with Gasteiger partial charge in [-0.05, 0) is 43.9 Å². The van der Waals surface area contributed by atoms with Gasteiger partial charge in [0.2, 0.25) is 5.91 Å². The number of amides is 1. The Morgan fingerprint density at radius 2 is 2.07 bits per heavy atom. The molecule has 0 saturated heterocycles. The van der Waals surface area contributed by atoms with Crippen LogP contribution in [0.2, 0.25) is 0 Å². The van der Waals surface area contributed by atoms with Crippen LogP contribution in [0.15, 0.2) is 18.2 Å². The summed E-state index contributed by atoms with van der Waals surface area (Å²) < 4.78 is 0. The second kappa shape index (κ2) is 2.75. The van der Waals surface area contributed by atoms with Crippen LogP contribution in [0.3, 0.4) is 0 Å². The van der Waals surface area contributed by atoms with Crippen molar-refractivity contribution in [3.05, 3.63) is 23.8 Å². The highest BCUT2D eigenvalue weighted by Gasteiger charge is 2.46. The number of carbonyl (C=O) groups is 1. The number of nitrogens with one attached hydrogen (secondary N) is 2. The number of fused-ring (bicyclic) bond motifs is 1. The maximum absolute atomic E-state index is 11.9. The molecule has 1 amide bonds. The Kier molecular flexibility index (Phi) is 1.61. The molecule has 1 aliphatic heterocycles. The Morgan fingerprint density at radius 3 is 2.73 bits per heavy atom. The Balaban J connectivity index is 2.03. The number of anilines is 2. The summed E-state index contributed by atoms with van der Waals surface area (Å²) in [6.07, 6.45) is 3.04. The lowest BCUT2D eigenvalue weighted by atomic mass is 9.74. The normalized spacial score (nSPS) is 21.3. The third kappa shape index (κ3) is 1.16. The second-order valence-electron chi connectivity index (χ2n) is 4.56. The van der Waals surface area contributed by atoms with Crippen LogP contribution in [0.4, 0.5) is 11.4 Å². The molecule has 0 radical (unpaired) electrons. The van der Waals surface area contributed by atoms with Crippen molar-refractivity contribution < 1.29 is 4.79 Å². The van der Waals surface area contributed by atoms with Crippen LogP contribution < -0.4 is 10.6 Å². The van der Waals surface area contributed by atoms with Gasteiger partial charge in [-0.3, -0.25) is 4.79 Å². The van der Waals surface area contributed by atoms with E-state index in [1.807, 2.05) is 12.1 Å². The first-order chi connectivity index (χ1) is 7.20. The van der Waals surface area contributed by atoms with Crippen LogP contribution in [0.25, 0.3) is 0 Å². The first kappa shape index (κ1) is 8.77. The van der Waals surface area contributed by atoms with Gasteiger partial charge in [-0.15, -0.1) is 0 Å². The molecule has 78 valence electrons. The van der Waals surface area contributed by atoms with E-state index in [0.717, 1.165) is 30.6 Å². The maximum Gasteiger partial charge on any atom is 0.250 e. The fourth-order valence-corrected chi connectivity index (χ4v) is 2.31. The molecule has 1 heterocycles. The number of hydrogen-bond acceptors (Lipinski definition) is 2. The second-order valence-corrected chi connectivity index (χ2v) is 4.56. The van der Waals surface area contributed by atoms with Gasteiger partial charge >= 0.3 is 0 Å². The summed E-state index contributed by atoms with van der Waals surface area (Å²) in [5.74, 6) is 0.130. The molecule has 15 heavy (non-hydrogen) atoms. The molecule has 1 aromatic carbocycles. The van der Waals surface area contributed by atoms with Gasteiger partial charge in [-0.2, -0.15) is 0 Å². The minimum absolute atomic E-state index is 0.130. The van der Waals surface area contributed by atoms with E-state index < -0.39 is 0 Å². The SMILES string of the molecule is Cc1ccc2c(c1)NC1(CCC1)C(=O)N2. The van der Waals surface area contributed by atoms with Crippen molar-refractivity contribution >= 4 is 17.3 Å². The van der Waals surface area contributed by atoms with Gasteiger partial charge in [-0.1, -0.05) is 6.07 Å². The molecule has 1 saturated carbocycles. The van der Waals surface area contributed by atoms with E-state index in [9.17, 15) is 4.79 Å². The van der Waals surface area contributed by atoms with Crippen LogP contribution in [0, 0.1) is 6.92 Å². The lowest BCUT2D eigenvalue weighted by Gasteiger charge is -2.45. The summed E-state index contributed by atoms with van der Waals surface area (Å²) in [5, 5.41) is 6.37. The molecule has 2 N–H and O–H groups in total. The molecule has 1 fully saturated rings. The van der Waals surface area contributed by atoms with Gasteiger partial charge in [0.25, 0.3) is 0 Å². The molecule has 3 rings (SSSR count). The van der Waals surface area contributed by atoms with E-state index in [4.69, 9.17) is 0 Å². The summed E-state index contributed by atoms with van der Waals surface area (Å²) in [6, 6.07) is 6.06. The summed E-state index contributed by atoms with van der Waals surface area (Å²) >= 11 is 0. The topological polar surface area (TPSA) is 41.1 Å². The molecule has 0 atom stereocenters. The molecule has 0 unspecified atom stereocenters. The third-order valence-electron chi connectivity index (χ3n) is 3.44. The van der Waals surface area contributed by atoms with E-state index in [0.29, 0.717) is 0 Å². The number of carbonyl (C=O) groups excluding carboxylic acids is 1. The van der Waals surface area contributed by atoms with Crippen LogP contribution in [-0.4, -0.2) is 11.4 Å². The molecule has 1 aromatic rings. The number of aryl methyl sites for hydroxylation is 1. The zero-order valence-corrected chi connectivity index (χ0v) is 8.76.